The summed E-state index contributed by atoms with van der Waals surface area (Å²) in [5.41, 5.74) is 1.45. The van der Waals surface area contributed by atoms with Gasteiger partial charge in [-0.15, -0.1) is 11.3 Å². The van der Waals surface area contributed by atoms with Crippen molar-refractivity contribution in [2.45, 2.75) is 26.4 Å². The van der Waals surface area contributed by atoms with Crippen LogP contribution in [0.4, 0.5) is 15.8 Å². The molecule has 0 bridgehead atoms. The van der Waals surface area contributed by atoms with E-state index < -0.39 is 0 Å². The van der Waals surface area contributed by atoms with Crippen molar-refractivity contribution in [2.75, 3.05) is 17.3 Å². The number of anilines is 2. The molecular weight excluding hydrogens is 259 g/mol. The van der Waals surface area contributed by atoms with Crippen molar-refractivity contribution in [3.05, 3.63) is 46.4 Å². The number of hydrogen-bond acceptors (Lipinski definition) is 3. The molecule has 2 aromatic rings. The summed E-state index contributed by atoms with van der Waals surface area (Å²) < 4.78 is 14.0. The SMILES string of the molecule is CC(C)N(C)c1ccc(NCc2cccs2)cc1F. The Morgan fingerprint density at radius 1 is 1.32 bits per heavy atom. The van der Waals surface area contributed by atoms with Gasteiger partial charge in [0.15, 0.2) is 0 Å². The Morgan fingerprint density at radius 3 is 2.68 bits per heavy atom. The minimum atomic E-state index is -0.188. The van der Waals surface area contributed by atoms with Gasteiger partial charge in [0.1, 0.15) is 5.82 Å². The van der Waals surface area contributed by atoms with Gasteiger partial charge in [0.2, 0.25) is 0 Å². The first-order valence-electron chi connectivity index (χ1n) is 6.36. The Morgan fingerprint density at radius 2 is 2.11 bits per heavy atom. The van der Waals surface area contributed by atoms with Crippen molar-refractivity contribution < 1.29 is 4.39 Å². The highest BCUT2D eigenvalue weighted by atomic mass is 32.1. The molecule has 1 aromatic heterocycles. The molecule has 1 aromatic carbocycles. The van der Waals surface area contributed by atoms with Crippen molar-refractivity contribution in [2.24, 2.45) is 0 Å². The van der Waals surface area contributed by atoms with E-state index >= 15 is 0 Å². The number of rotatable bonds is 5. The molecule has 2 nitrogen and oxygen atoms in total. The highest BCUT2D eigenvalue weighted by molar-refractivity contribution is 7.09. The van der Waals surface area contributed by atoms with Crippen molar-refractivity contribution in [1.29, 1.82) is 0 Å². The van der Waals surface area contributed by atoms with Crippen LogP contribution in [0.3, 0.4) is 0 Å². The molecule has 1 heterocycles. The second kappa shape index (κ2) is 6.06. The molecule has 0 aliphatic carbocycles. The fourth-order valence-electron chi connectivity index (χ4n) is 1.78. The van der Waals surface area contributed by atoms with Crippen molar-refractivity contribution in [1.82, 2.24) is 0 Å². The van der Waals surface area contributed by atoms with Crippen molar-refractivity contribution >= 4 is 22.7 Å². The first kappa shape index (κ1) is 13.9. The highest BCUT2D eigenvalue weighted by Crippen LogP contribution is 2.24. The van der Waals surface area contributed by atoms with E-state index in [1.54, 1.807) is 17.4 Å². The largest absolute Gasteiger partial charge is 0.380 e. The lowest BCUT2D eigenvalue weighted by atomic mass is 10.2. The van der Waals surface area contributed by atoms with Crippen LogP contribution in [-0.4, -0.2) is 13.1 Å². The van der Waals surface area contributed by atoms with E-state index in [1.165, 1.54) is 4.88 Å². The second-order valence-electron chi connectivity index (χ2n) is 4.80. The summed E-state index contributed by atoms with van der Waals surface area (Å²) in [5.74, 6) is -0.188. The van der Waals surface area contributed by atoms with Crippen LogP contribution >= 0.6 is 11.3 Å². The molecule has 0 unspecified atom stereocenters. The average Bonchev–Trinajstić information content (AvgIpc) is 2.88. The van der Waals surface area contributed by atoms with Gasteiger partial charge in [0.05, 0.1) is 5.69 Å². The van der Waals surface area contributed by atoms with Crippen LogP contribution in [0.2, 0.25) is 0 Å². The predicted octanol–water partition coefficient (Wildman–Crippen LogP) is 4.34. The molecule has 0 amide bonds. The van der Waals surface area contributed by atoms with Gasteiger partial charge in [-0.3, -0.25) is 0 Å². The van der Waals surface area contributed by atoms with Crippen LogP contribution in [0.5, 0.6) is 0 Å². The summed E-state index contributed by atoms with van der Waals surface area (Å²) >= 11 is 1.69. The number of thiophene rings is 1. The lowest BCUT2D eigenvalue weighted by Gasteiger charge is -2.24. The summed E-state index contributed by atoms with van der Waals surface area (Å²) in [4.78, 5) is 3.17. The van der Waals surface area contributed by atoms with Gasteiger partial charge in [-0.1, -0.05) is 6.07 Å². The summed E-state index contributed by atoms with van der Waals surface area (Å²) in [7, 11) is 1.90. The smallest absolute Gasteiger partial charge is 0.148 e. The number of halogens is 1. The zero-order valence-corrected chi connectivity index (χ0v) is 12.3. The molecule has 0 aliphatic heterocycles. The zero-order valence-electron chi connectivity index (χ0n) is 11.5. The summed E-state index contributed by atoms with van der Waals surface area (Å²) in [5, 5.41) is 5.28. The van der Waals surface area contributed by atoms with Gasteiger partial charge in [-0.25, -0.2) is 4.39 Å². The van der Waals surface area contributed by atoms with Crippen LogP contribution in [0.25, 0.3) is 0 Å². The molecule has 0 saturated carbocycles. The van der Waals surface area contributed by atoms with Crippen LogP contribution in [0, 0.1) is 5.82 Å². The van der Waals surface area contributed by atoms with Gasteiger partial charge in [0, 0.05) is 30.2 Å². The molecule has 102 valence electrons. The highest BCUT2D eigenvalue weighted by Gasteiger charge is 2.10. The molecule has 0 saturated heterocycles. The fourth-order valence-corrected chi connectivity index (χ4v) is 2.43. The zero-order chi connectivity index (χ0) is 13.8. The Labute approximate surface area is 117 Å². The Balaban J connectivity index is 2.06. The quantitative estimate of drug-likeness (QED) is 0.875. The third kappa shape index (κ3) is 3.47. The standard InChI is InChI=1S/C15H19FN2S/c1-11(2)18(3)15-7-6-12(9-14(15)16)17-10-13-5-4-8-19-13/h4-9,11,17H,10H2,1-3H3. The topological polar surface area (TPSA) is 15.3 Å². The number of benzene rings is 1. The van der Waals surface area contributed by atoms with E-state index in [-0.39, 0.29) is 11.9 Å². The maximum absolute atomic E-state index is 14.0. The van der Waals surface area contributed by atoms with Gasteiger partial charge in [0.25, 0.3) is 0 Å². The molecule has 19 heavy (non-hydrogen) atoms. The molecule has 0 atom stereocenters. The van der Waals surface area contributed by atoms with Crippen molar-refractivity contribution in [3.8, 4) is 0 Å². The molecule has 2 rings (SSSR count). The van der Waals surface area contributed by atoms with E-state index in [2.05, 4.69) is 11.4 Å². The van der Waals surface area contributed by atoms with E-state index in [0.717, 1.165) is 12.2 Å². The normalized spacial score (nSPS) is 10.8. The predicted molar refractivity (Wildman–Crippen MR) is 81.6 cm³/mol. The third-order valence-corrected chi connectivity index (χ3v) is 4.03. The van der Waals surface area contributed by atoms with Crippen LogP contribution in [0.15, 0.2) is 35.7 Å². The maximum Gasteiger partial charge on any atom is 0.148 e. The second-order valence-corrected chi connectivity index (χ2v) is 5.84. The molecular formula is C15H19FN2S. The molecule has 0 spiro atoms. The first-order valence-corrected chi connectivity index (χ1v) is 7.24. The number of nitrogens with zero attached hydrogens (tertiary/aromatic N) is 1. The van der Waals surface area contributed by atoms with E-state index in [0.29, 0.717) is 5.69 Å². The fraction of sp³-hybridized carbons (Fsp3) is 0.333. The van der Waals surface area contributed by atoms with Crippen LogP contribution in [-0.2, 0) is 6.54 Å². The molecule has 0 aliphatic rings. The lowest BCUT2D eigenvalue weighted by Crippen LogP contribution is -2.26. The Bertz CT molecular complexity index is 523. The van der Waals surface area contributed by atoms with Gasteiger partial charge in [-0.2, -0.15) is 0 Å². The Kier molecular flexibility index (Phi) is 4.43. The minimum Gasteiger partial charge on any atom is -0.380 e. The van der Waals surface area contributed by atoms with E-state index in [1.807, 2.05) is 49.4 Å². The molecule has 4 heteroatoms. The monoisotopic (exact) mass is 278 g/mol. The van der Waals surface area contributed by atoms with Crippen LogP contribution in [0.1, 0.15) is 18.7 Å². The molecule has 0 radical (unpaired) electrons. The summed E-state index contributed by atoms with van der Waals surface area (Å²) in [6.07, 6.45) is 0. The van der Waals surface area contributed by atoms with Gasteiger partial charge >= 0.3 is 0 Å². The number of nitrogens with one attached hydrogen (secondary N) is 1. The minimum absolute atomic E-state index is 0.188. The Hall–Kier alpha value is -1.55. The van der Waals surface area contributed by atoms with E-state index in [4.69, 9.17) is 0 Å². The first-order chi connectivity index (χ1) is 9.08. The summed E-state index contributed by atoms with van der Waals surface area (Å²) in [6, 6.07) is 9.66. The van der Waals surface area contributed by atoms with E-state index in [9.17, 15) is 4.39 Å². The summed E-state index contributed by atoms with van der Waals surface area (Å²) in [6.45, 7) is 4.82. The van der Waals surface area contributed by atoms with Crippen LogP contribution < -0.4 is 10.2 Å². The van der Waals surface area contributed by atoms with Gasteiger partial charge < -0.3 is 10.2 Å². The molecule has 1 N–H and O–H groups in total. The maximum atomic E-state index is 14.0. The average molecular weight is 278 g/mol. The molecule has 0 fully saturated rings. The lowest BCUT2D eigenvalue weighted by molar-refractivity contribution is 0.614. The third-order valence-electron chi connectivity index (χ3n) is 3.15. The van der Waals surface area contributed by atoms with Gasteiger partial charge in [-0.05, 0) is 43.5 Å². The number of hydrogen-bond donors (Lipinski definition) is 1. The van der Waals surface area contributed by atoms with Crippen molar-refractivity contribution in [3.63, 3.8) is 0 Å².